The van der Waals surface area contributed by atoms with Gasteiger partial charge in [-0.3, -0.25) is 4.79 Å². The summed E-state index contributed by atoms with van der Waals surface area (Å²) in [6.07, 6.45) is -0.539. The Morgan fingerprint density at radius 2 is 1.87 bits per heavy atom. The van der Waals surface area contributed by atoms with E-state index in [0.717, 1.165) is 5.56 Å². The molecular weight excluding hydrogens is 392 g/mol. The molecular formula is C21H28N2O7. The molecule has 2 unspecified atom stereocenters. The lowest BCUT2D eigenvalue weighted by Crippen LogP contribution is -2.54. The fourth-order valence-electron chi connectivity index (χ4n) is 3.69. The molecule has 0 bridgehead atoms. The lowest BCUT2D eigenvalue weighted by atomic mass is 10.0. The molecule has 1 aromatic carbocycles. The zero-order valence-corrected chi connectivity index (χ0v) is 17.5. The Balaban J connectivity index is 1.77. The predicted octanol–water partition coefficient (Wildman–Crippen LogP) is 1.45. The minimum Gasteiger partial charge on any atom is -0.459 e. The van der Waals surface area contributed by atoms with Crippen molar-refractivity contribution >= 4 is 18.0 Å². The highest BCUT2D eigenvalue weighted by molar-refractivity contribution is 5.90. The second-order valence-electron chi connectivity index (χ2n) is 7.74. The third-order valence-corrected chi connectivity index (χ3v) is 5.28. The quantitative estimate of drug-likeness (QED) is 0.695. The van der Waals surface area contributed by atoms with Gasteiger partial charge in [0.15, 0.2) is 5.79 Å². The average Bonchev–Trinajstić information content (AvgIpc) is 3.37. The number of esters is 1. The molecule has 2 heterocycles. The van der Waals surface area contributed by atoms with Gasteiger partial charge in [-0.15, -0.1) is 0 Å². The van der Waals surface area contributed by atoms with E-state index in [1.165, 1.54) is 12.0 Å². The SMILES string of the molecule is COC(=O)NC(C(=O)N1CC2(CC1C(=O)OCc1ccccc1)OCCO2)C(C)C. The van der Waals surface area contributed by atoms with Gasteiger partial charge < -0.3 is 29.2 Å². The number of hydrogen-bond acceptors (Lipinski definition) is 7. The number of methoxy groups -OCH3 is 1. The zero-order chi connectivity index (χ0) is 21.7. The fraction of sp³-hybridized carbons (Fsp3) is 0.571. The Bertz CT molecular complexity index is 762. The normalized spacial score (nSPS) is 20.9. The number of ether oxygens (including phenoxy) is 4. The third kappa shape index (κ3) is 4.91. The third-order valence-electron chi connectivity index (χ3n) is 5.28. The highest BCUT2D eigenvalue weighted by Gasteiger charge is 2.54. The van der Waals surface area contributed by atoms with E-state index < -0.39 is 35.8 Å². The lowest BCUT2D eigenvalue weighted by Gasteiger charge is -2.29. The van der Waals surface area contributed by atoms with Crippen LogP contribution in [0.5, 0.6) is 0 Å². The molecule has 9 nitrogen and oxygen atoms in total. The Hall–Kier alpha value is -2.65. The van der Waals surface area contributed by atoms with E-state index in [9.17, 15) is 14.4 Å². The standard InChI is InChI=1S/C21H28N2O7/c1-14(2)17(22-20(26)27-3)18(24)23-13-21(29-9-10-30-21)11-16(23)19(25)28-12-15-7-5-4-6-8-15/h4-8,14,16-17H,9-13H2,1-3H3,(H,22,26). The average molecular weight is 420 g/mol. The topological polar surface area (TPSA) is 103 Å². The number of alkyl carbamates (subject to hydrolysis) is 1. The number of nitrogens with zero attached hydrogens (tertiary/aromatic N) is 1. The van der Waals surface area contributed by atoms with Crippen LogP contribution in [0, 0.1) is 5.92 Å². The van der Waals surface area contributed by atoms with E-state index in [4.69, 9.17) is 14.2 Å². The minimum absolute atomic E-state index is 0.0863. The second kappa shape index (κ2) is 9.44. The maximum absolute atomic E-state index is 13.3. The van der Waals surface area contributed by atoms with Gasteiger partial charge in [-0.2, -0.15) is 0 Å². The van der Waals surface area contributed by atoms with Crippen LogP contribution in [0.4, 0.5) is 4.79 Å². The minimum atomic E-state index is -1.03. The lowest BCUT2D eigenvalue weighted by molar-refractivity contribution is -0.155. The molecule has 1 N–H and O–H groups in total. The summed E-state index contributed by atoms with van der Waals surface area (Å²) < 4.78 is 21.6. The number of likely N-dealkylation sites (tertiary alicyclic amines) is 1. The van der Waals surface area contributed by atoms with Crippen LogP contribution in [0.3, 0.4) is 0 Å². The first-order valence-electron chi connectivity index (χ1n) is 9.98. The van der Waals surface area contributed by atoms with Crippen molar-refractivity contribution in [3.63, 3.8) is 0 Å². The van der Waals surface area contributed by atoms with Gasteiger partial charge in [-0.25, -0.2) is 9.59 Å². The molecule has 2 aliphatic rings. The summed E-state index contributed by atoms with van der Waals surface area (Å²) in [5.74, 6) is -2.20. The molecule has 0 aromatic heterocycles. The van der Waals surface area contributed by atoms with E-state index in [1.807, 2.05) is 30.3 Å². The van der Waals surface area contributed by atoms with Crippen LogP contribution in [0.1, 0.15) is 25.8 Å². The first kappa shape index (κ1) is 22.0. The first-order valence-corrected chi connectivity index (χ1v) is 9.98. The fourth-order valence-corrected chi connectivity index (χ4v) is 3.69. The van der Waals surface area contributed by atoms with Gasteiger partial charge in [-0.05, 0) is 11.5 Å². The monoisotopic (exact) mass is 420 g/mol. The number of benzene rings is 1. The number of carbonyl (C=O) groups excluding carboxylic acids is 3. The van der Waals surface area contributed by atoms with Crippen molar-refractivity contribution in [3.8, 4) is 0 Å². The predicted molar refractivity (Wildman–Crippen MR) is 105 cm³/mol. The zero-order valence-electron chi connectivity index (χ0n) is 17.5. The van der Waals surface area contributed by atoms with Crippen molar-refractivity contribution < 1.29 is 33.3 Å². The van der Waals surface area contributed by atoms with Gasteiger partial charge in [0.2, 0.25) is 5.91 Å². The number of amides is 2. The van der Waals surface area contributed by atoms with Crippen LogP contribution in [-0.2, 0) is 35.1 Å². The smallest absolute Gasteiger partial charge is 0.407 e. The Kier molecular flexibility index (Phi) is 6.94. The molecule has 0 saturated carbocycles. The highest BCUT2D eigenvalue weighted by Crippen LogP contribution is 2.36. The molecule has 1 spiro atoms. The van der Waals surface area contributed by atoms with E-state index in [2.05, 4.69) is 10.1 Å². The molecule has 2 saturated heterocycles. The second-order valence-corrected chi connectivity index (χ2v) is 7.74. The number of hydrogen-bond donors (Lipinski definition) is 1. The van der Waals surface area contributed by atoms with E-state index >= 15 is 0 Å². The molecule has 2 aliphatic heterocycles. The summed E-state index contributed by atoms with van der Waals surface area (Å²) in [7, 11) is 1.23. The van der Waals surface area contributed by atoms with Crippen LogP contribution in [0.2, 0.25) is 0 Å². The van der Waals surface area contributed by atoms with E-state index in [0.29, 0.717) is 13.2 Å². The summed E-state index contributed by atoms with van der Waals surface area (Å²) in [6, 6.07) is 7.56. The largest absolute Gasteiger partial charge is 0.459 e. The molecule has 2 amide bonds. The van der Waals surface area contributed by atoms with Crippen molar-refractivity contribution in [2.24, 2.45) is 5.92 Å². The van der Waals surface area contributed by atoms with Crippen LogP contribution < -0.4 is 5.32 Å². The van der Waals surface area contributed by atoms with Gasteiger partial charge in [0.25, 0.3) is 0 Å². The molecule has 2 atom stereocenters. The van der Waals surface area contributed by atoms with Crippen LogP contribution >= 0.6 is 0 Å². The Labute approximate surface area is 175 Å². The van der Waals surface area contributed by atoms with Crippen LogP contribution in [0.25, 0.3) is 0 Å². The number of carbonyl (C=O) groups is 3. The van der Waals surface area contributed by atoms with Crippen LogP contribution in [-0.4, -0.2) is 67.6 Å². The molecule has 3 rings (SSSR count). The van der Waals surface area contributed by atoms with Gasteiger partial charge in [-0.1, -0.05) is 44.2 Å². The molecule has 164 valence electrons. The highest BCUT2D eigenvalue weighted by atomic mass is 16.7. The summed E-state index contributed by atoms with van der Waals surface area (Å²) in [5.41, 5.74) is 0.845. The van der Waals surface area contributed by atoms with Gasteiger partial charge in [0.05, 0.1) is 26.9 Å². The van der Waals surface area contributed by atoms with Gasteiger partial charge >= 0.3 is 12.1 Å². The molecule has 30 heavy (non-hydrogen) atoms. The van der Waals surface area contributed by atoms with E-state index in [-0.39, 0.29) is 25.5 Å². The number of rotatable bonds is 6. The molecule has 9 heteroatoms. The molecule has 2 fully saturated rings. The van der Waals surface area contributed by atoms with E-state index in [1.54, 1.807) is 13.8 Å². The van der Waals surface area contributed by atoms with Gasteiger partial charge in [0, 0.05) is 6.42 Å². The first-order chi connectivity index (χ1) is 14.3. The Morgan fingerprint density at radius 1 is 1.20 bits per heavy atom. The maximum atomic E-state index is 13.3. The van der Waals surface area contributed by atoms with Crippen molar-refractivity contribution in [2.75, 3.05) is 26.9 Å². The molecule has 0 aliphatic carbocycles. The summed E-state index contributed by atoms with van der Waals surface area (Å²) in [5, 5.41) is 2.55. The Morgan fingerprint density at radius 3 is 2.47 bits per heavy atom. The summed E-state index contributed by atoms with van der Waals surface area (Å²) in [6.45, 7) is 4.57. The van der Waals surface area contributed by atoms with Crippen molar-refractivity contribution in [1.29, 1.82) is 0 Å². The summed E-state index contributed by atoms with van der Waals surface area (Å²) in [4.78, 5) is 39.3. The van der Waals surface area contributed by atoms with Crippen molar-refractivity contribution in [1.82, 2.24) is 10.2 Å². The molecule has 0 radical (unpaired) electrons. The van der Waals surface area contributed by atoms with Crippen molar-refractivity contribution in [2.45, 2.75) is 44.7 Å². The van der Waals surface area contributed by atoms with Crippen molar-refractivity contribution in [3.05, 3.63) is 35.9 Å². The molecule has 1 aromatic rings. The maximum Gasteiger partial charge on any atom is 0.407 e. The van der Waals surface area contributed by atoms with Crippen LogP contribution in [0.15, 0.2) is 30.3 Å². The van der Waals surface area contributed by atoms with Gasteiger partial charge in [0.1, 0.15) is 18.7 Å². The summed E-state index contributed by atoms with van der Waals surface area (Å²) >= 11 is 0. The number of nitrogens with one attached hydrogen (secondary N) is 1.